The van der Waals surface area contributed by atoms with Gasteiger partial charge < -0.3 is 10.1 Å². The predicted molar refractivity (Wildman–Crippen MR) is 66.0 cm³/mol. The first kappa shape index (κ1) is 16.1. The predicted octanol–water partition coefficient (Wildman–Crippen LogP) is 3.34. The van der Waals surface area contributed by atoms with Gasteiger partial charge in [-0.05, 0) is 18.8 Å². The maximum Gasteiger partial charge on any atom is 0.411 e. The Hall–Kier alpha value is -0.0000000000000000555. The lowest BCUT2D eigenvalue weighted by molar-refractivity contribution is -0.173. The number of hydrogen-bond acceptors (Lipinski definition) is 2. The normalized spacial score (nSPS) is 29.5. The molecule has 0 aromatic carbocycles. The van der Waals surface area contributed by atoms with Crippen molar-refractivity contribution in [2.24, 2.45) is 5.92 Å². The Bertz CT molecular complexity index is 250. The first-order valence-electron chi connectivity index (χ1n) is 6.32. The molecule has 0 spiro atoms. The average molecular weight is 288 g/mol. The number of hydrogen-bond donors (Lipinski definition) is 1. The molecule has 0 aromatic heterocycles. The van der Waals surface area contributed by atoms with Crippen molar-refractivity contribution in [2.75, 3.05) is 25.6 Å². The van der Waals surface area contributed by atoms with E-state index in [1.54, 1.807) is 0 Å². The average Bonchev–Trinajstić information content (AvgIpc) is 2.27. The maximum absolute atomic E-state index is 11.9. The van der Waals surface area contributed by atoms with Gasteiger partial charge in [-0.3, -0.25) is 0 Å². The van der Waals surface area contributed by atoms with Gasteiger partial charge in [0, 0.05) is 18.0 Å². The largest absolute Gasteiger partial charge is 0.411 e. The number of nitrogens with one attached hydrogen (secondary N) is 1. The van der Waals surface area contributed by atoms with Crippen molar-refractivity contribution in [1.29, 1.82) is 0 Å². The summed E-state index contributed by atoms with van der Waals surface area (Å²) in [5.41, 5.74) is -0.124. The zero-order chi connectivity index (χ0) is 13.6. The third kappa shape index (κ3) is 5.76. The van der Waals surface area contributed by atoms with Crippen LogP contribution >= 0.6 is 11.6 Å². The Morgan fingerprint density at radius 1 is 1.44 bits per heavy atom. The molecule has 1 aliphatic rings. The molecule has 1 rings (SSSR count). The standard InChI is InChI=1S/C12H21ClF3NO/c1-10-3-2-4-11(7-10,8-13)17-5-6-18-9-12(14,15)16/h10,17H,2-9H2,1H3. The van der Waals surface area contributed by atoms with Gasteiger partial charge in [0.05, 0.1) is 6.61 Å². The van der Waals surface area contributed by atoms with Gasteiger partial charge in [-0.15, -0.1) is 11.6 Å². The highest BCUT2D eigenvalue weighted by molar-refractivity contribution is 6.18. The van der Waals surface area contributed by atoms with Crippen LogP contribution in [0.3, 0.4) is 0 Å². The first-order chi connectivity index (χ1) is 8.37. The molecule has 18 heavy (non-hydrogen) atoms. The third-order valence-electron chi connectivity index (χ3n) is 3.36. The fourth-order valence-electron chi connectivity index (χ4n) is 2.57. The van der Waals surface area contributed by atoms with Gasteiger partial charge in [0.25, 0.3) is 0 Å². The minimum absolute atomic E-state index is 0.0620. The molecule has 108 valence electrons. The van der Waals surface area contributed by atoms with E-state index < -0.39 is 12.8 Å². The van der Waals surface area contributed by atoms with E-state index in [2.05, 4.69) is 17.0 Å². The number of halogens is 4. The molecule has 0 aromatic rings. The lowest BCUT2D eigenvalue weighted by Crippen LogP contribution is -2.51. The van der Waals surface area contributed by atoms with Crippen molar-refractivity contribution in [1.82, 2.24) is 5.32 Å². The van der Waals surface area contributed by atoms with E-state index in [9.17, 15) is 13.2 Å². The topological polar surface area (TPSA) is 21.3 Å². The minimum Gasteiger partial charge on any atom is -0.371 e. The molecule has 2 nitrogen and oxygen atoms in total. The van der Waals surface area contributed by atoms with Crippen LogP contribution in [0, 0.1) is 5.92 Å². The highest BCUT2D eigenvalue weighted by atomic mass is 35.5. The van der Waals surface area contributed by atoms with Gasteiger partial charge in [-0.25, -0.2) is 0 Å². The lowest BCUT2D eigenvalue weighted by Gasteiger charge is -2.39. The summed E-state index contributed by atoms with van der Waals surface area (Å²) in [4.78, 5) is 0. The van der Waals surface area contributed by atoms with E-state index in [4.69, 9.17) is 11.6 Å². The van der Waals surface area contributed by atoms with E-state index in [0.29, 0.717) is 18.3 Å². The molecule has 0 saturated heterocycles. The molecule has 1 aliphatic carbocycles. The molecule has 2 atom stereocenters. The Morgan fingerprint density at radius 3 is 2.72 bits per heavy atom. The zero-order valence-electron chi connectivity index (χ0n) is 10.7. The Labute approximate surface area is 111 Å². The smallest absolute Gasteiger partial charge is 0.371 e. The highest BCUT2D eigenvalue weighted by Gasteiger charge is 2.33. The number of rotatable bonds is 6. The van der Waals surface area contributed by atoms with Crippen molar-refractivity contribution < 1.29 is 17.9 Å². The molecule has 0 heterocycles. The van der Waals surface area contributed by atoms with Crippen LogP contribution in [0.4, 0.5) is 13.2 Å². The zero-order valence-corrected chi connectivity index (χ0v) is 11.4. The van der Waals surface area contributed by atoms with Gasteiger partial charge in [0.1, 0.15) is 6.61 Å². The highest BCUT2D eigenvalue weighted by Crippen LogP contribution is 2.33. The SMILES string of the molecule is CC1CCCC(CCl)(NCCOCC(F)(F)F)C1. The van der Waals surface area contributed by atoms with Gasteiger partial charge in [0.15, 0.2) is 0 Å². The molecule has 1 saturated carbocycles. The molecule has 6 heteroatoms. The van der Waals surface area contributed by atoms with Crippen LogP contribution in [0.25, 0.3) is 0 Å². The van der Waals surface area contributed by atoms with Crippen molar-refractivity contribution in [3.8, 4) is 0 Å². The van der Waals surface area contributed by atoms with E-state index in [0.717, 1.165) is 19.3 Å². The van der Waals surface area contributed by atoms with Crippen molar-refractivity contribution in [3.05, 3.63) is 0 Å². The summed E-state index contributed by atoms with van der Waals surface area (Å²) in [6, 6.07) is 0. The van der Waals surface area contributed by atoms with Crippen LogP contribution in [0.15, 0.2) is 0 Å². The molecule has 1 N–H and O–H groups in total. The third-order valence-corrected chi connectivity index (χ3v) is 3.87. The van der Waals surface area contributed by atoms with Gasteiger partial charge in [-0.1, -0.05) is 19.8 Å². The maximum atomic E-state index is 11.9. The summed E-state index contributed by atoms with van der Waals surface area (Å²) in [5.74, 6) is 1.11. The van der Waals surface area contributed by atoms with Crippen molar-refractivity contribution in [3.63, 3.8) is 0 Å². The van der Waals surface area contributed by atoms with Crippen LogP contribution in [0.2, 0.25) is 0 Å². The molecule has 0 radical (unpaired) electrons. The molecule has 1 fully saturated rings. The van der Waals surface area contributed by atoms with Gasteiger partial charge >= 0.3 is 6.18 Å². The summed E-state index contributed by atoms with van der Waals surface area (Å²) < 4.78 is 40.2. The van der Waals surface area contributed by atoms with Crippen LogP contribution in [0.1, 0.15) is 32.6 Å². The Morgan fingerprint density at radius 2 is 2.17 bits per heavy atom. The summed E-state index contributed by atoms with van der Waals surface area (Å²) in [5, 5.41) is 3.28. The second-order valence-corrected chi connectivity index (χ2v) is 5.48. The Balaban J connectivity index is 2.23. The van der Waals surface area contributed by atoms with E-state index in [-0.39, 0.29) is 12.1 Å². The fourth-order valence-corrected chi connectivity index (χ4v) is 2.90. The van der Waals surface area contributed by atoms with Crippen LogP contribution in [-0.4, -0.2) is 37.4 Å². The lowest BCUT2D eigenvalue weighted by atomic mass is 9.77. The summed E-state index contributed by atoms with van der Waals surface area (Å²) >= 11 is 6.00. The van der Waals surface area contributed by atoms with Crippen molar-refractivity contribution in [2.45, 2.75) is 44.3 Å². The van der Waals surface area contributed by atoms with Gasteiger partial charge in [-0.2, -0.15) is 13.2 Å². The quantitative estimate of drug-likeness (QED) is 0.597. The van der Waals surface area contributed by atoms with Crippen molar-refractivity contribution >= 4 is 11.6 Å². The molecule has 0 aliphatic heterocycles. The van der Waals surface area contributed by atoms with E-state index in [1.165, 1.54) is 6.42 Å². The monoisotopic (exact) mass is 287 g/mol. The number of alkyl halides is 4. The molecular formula is C12H21ClF3NO. The fraction of sp³-hybridized carbons (Fsp3) is 1.00. The molecule has 0 amide bonds. The summed E-state index contributed by atoms with van der Waals surface area (Å²) in [6.07, 6.45) is 0.0363. The van der Waals surface area contributed by atoms with E-state index in [1.807, 2.05) is 0 Å². The van der Waals surface area contributed by atoms with E-state index >= 15 is 0 Å². The summed E-state index contributed by atoms with van der Waals surface area (Å²) in [6.45, 7) is 1.48. The second kappa shape index (κ2) is 6.96. The Kier molecular flexibility index (Phi) is 6.21. The number of ether oxygens (including phenoxy) is 1. The first-order valence-corrected chi connectivity index (χ1v) is 6.86. The molecule has 0 bridgehead atoms. The van der Waals surface area contributed by atoms with Crippen LogP contribution in [0.5, 0.6) is 0 Å². The molecular weight excluding hydrogens is 267 g/mol. The van der Waals surface area contributed by atoms with Gasteiger partial charge in [0.2, 0.25) is 0 Å². The summed E-state index contributed by atoms with van der Waals surface area (Å²) in [7, 11) is 0. The minimum atomic E-state index is -4.25. The molecule has 2 unspecified atom stereocenters. The second-order valence-electron chi connectivity index (χ2n) is 5.21. The van der Waals surface area contributed by atoms with Crippen LogP contribution in [-0.2, 0) is 4.74 Å². The van der Waals surface area contributed by atoms with Crippen LogP contribution < -0.4 is 5.32 Å².